The van der Waals surface area contributed by atoms with E-state index in [9.17, 15) is 0 Å². The van der Waals surface area contributed by atoms with Gasteiger partial charge in [-0.05, 0) is 70.1 Å². The predicted molar refractivity (Wildman–Crippen MR) is 158 cm³/mol. The maximum Gasteiger partial charge on any atom is 0.164 e. The van der Waals surface area contributed by atoms with Crippen LogP contribution in [0.25, 0.3) is 89.8 Å². The number of nitrogens with one attached hydrogen (secondary N) is 2. The third-order valence-corrected chi connectivity index (χ3v) is 7.38. The molecule has 2 aliphatic rings. The molecule has 7 aromatic rings. The maximum atomic E-state index is 5.10. The Hall–Kier alpha value is -5.76. The summed E-state index contributed by atoms with van der Waals surface area (Å²) in [4.78, 5) is 35.8. The van der Waals surface area contributed by atoms with Gasteiger partial charge in [-0.3, -0.25) is 0 Å². The minimum Gasteiger partial charge on any atom is -0.325 e. The Morgan fingerprint density at radius 3 is 1.60 bits per heavy atom. The number of rotatable bonds is 0. The van der Waals surface area contributed by atoms with Crippen LogP contribution in [0.5, 0.6) is 0 Å². The molecule has 0 fully saturated rings. The zero-order chi connectivity index (χ0) is 26.2. The van der Waals surface area contributed by atoms with Crippen molar-refractivity contribution < 1.29 is 0 Å². The van der Waals surface area contributed by atoms with Crippen LogP contribution in [0, 0.1) is 0 Å². The molecule has 3 aromatic heterocycles. The van der Waals surface area contributed by atoms with E-state index in [2.05, 4.69) is 68.5 Å². The van der Waals surface area contributed by atoms with Crippen molar-refractivity contribution in [1.29, 1.82) is 0 Å². The molecule has 8 bridgehead atoms. The van der Waals surface area contributed by atoms with Crippen LogP contribution in [0.2, 0.25) is 0 Å². The number of aromatic amines is 2. The quantitative estimate of drug-likeness (QED) is 0.229. The highest BCUT2D eigenvalue weighted by atomic mass is 15.0. The van der Waals surface area contributed by atoms with Crippen LogP contribution in [0.3, 0.4) is 0 Å². The highest BCUT2D eigenvalue weighted by molar-refractivity contribution is 6.11. The highest BCUT2D eigenvalue weighted by Gasteiger charge is 2.20. The summed E-state index contributed by atoms with van der Waals surface area (Å²) in [7, 11) is 0. The fourth-order valence-corrected chi connectivity index (χ4v) is 5.48. The van der Waals surface area contributed by atoms with Crippen LogP contribution in [-0.2, 0) is 0 Å². The first-order valence-electron chi connectivity index (χ1n) is 13.0. The molecule has 5 heterocycles. The van der Waals surface area contributed by atoms with Gasteiger partial charge in [-0.1, -0.05) is 48.5 Å². The minimum atomic E-state index is 0.566. The van der Waals surface area contributed by atoms with Gasteiger partial charge in [0.1, 0.15) is 22.6 Å². The Bertz CT molecular complexity index is 2400. The van der Waals surface area contributed by atoms with E-state index in [0.717, 1.165) is 43.4 Å². The molecule has 2 N–H and O–H groups in total. The first kappa shape index (κ1) is 21.2. The summed E-state index contributed by atoms with van der Waals surface area (Å²) in [5.74, 6) is 2.33. The van der Waals surface area contributed by atoms with Gasteiger partial charge in [-0.15, -0.1) is 0 Å². The molecule has 4 aromatic carbocycles. The smallest absolute Gasteiger partial charge is 0.164 e. The standard InChI is InChI=1S/C32H18N8/c1-3-7-19-15-23-21(13-17(19)5-1)29-36-27-11-9-25(34-27)33-26-10-12-28(35-26)37-30-22-14-18-6-2-4-8-20(18)16-24(22)32(39-30)40-31(23)38-29/h1-16H,(H2,33,34,35,36,37,38,39,40). The number of H-pyrrole nitrogens is 2. The van der Waals surface area contributed by atoms with E-state index in [4.69, 9.17) is 19.9 Å². The molecule has 0 radical (unpaired) electrons. The molecule has 0 atom stereocenters. The molecule has 186 valence electrons. The van der Waals surface area contributed by atoms with Gasteiger partial charge in [0.15, 0.2) is 23.3 Å². The molecule has 9 rings (SSSR count). The van der Waals surface area contributed by atoms with Gasteiger partial charge in [-0.25, -0.2) is 29.9 Å². The van der Waals surface area contributed by atoms with E-state index in [-0.39, 0.29) is 0 Å². The molecular formula is C32H18N8. The van der Waals surface area contributed by atoms with E-state index in [1.807, 2.05) is 48.6 Å². The van der Waals surface area contributed by atoms with Gasteiger partial charge in [-0.2, -0.15) is 0 Å². The molecule has 0 aliphatic carbocycles. The highest BCUT2D eigenvalue weighted by Crippen LogP contribution is 2.37. The van der Waals surface area contributed by atoms with Crippen LogP contribution >= 0.6 is 0 Å². The zero-order valence-electron chi connectivity index (χ0n) is 20.9. The molecule has 0 unspecified atom stereocenters. The van der Waals surface area contributed by atoms with Crippen LogP contribution in [0.15, 0.2) is 84.9 Å². The summed E-state index contributed by atoms with van der Waals surface area (Å²) in [6.07, 6.45) is 3.71. The molecule has 0 saturated carbocycles. The summed E-state index contributed by atoms with van der Waals surface area (Å²) in [5.41, 5.74) is 4.54. The van der Waals surface area contributed by atoms with E-state index in [0.29, 0.717) is 45.9 Å². The van der Waals surface area contributed by atoms with E-state index < -0.39 is 0 Å². The largest absolute Gasteiger partial charge is 0.325 e. The average molecular weight is 515 g/mol. The lowest BCUT2D eigenvalue weighted by atomic mass is 10.0. The molecule has 0 saturated heterocycles. The van der Waals surface area contributed by atoms with Crippen LogP contribution < -0.4 is 0 Å². The summed E-state index contributed by atoms with van der Waals surface area (Å²) < 4.78 is 0. The van der Waals surface area contributed by atoms with Crippen molar-refractivity contribution in [1.82, 2.24) is 39.9 Å². The van der Waals surface area contributed by atoms with E-state index in [1.54, 1.807) is 0 Å². The van der Waals surface area contributed by atoms with Crippen LogP contribution in [0.4, 0.5) is 0 Å². The summed E-state index contributed by atoms with van der Waals surface area (Å²) >= 11 is 0. The zero-order valence-corrected chi connectivity index (χ0v) is 20.9. The Morgan fingerprint density at radius 2 is 0.950 bits per heavy atom. The molecule has 8 nitrogen and oxygen atoms in total. The number of aromatic nitrogens is 8. The van der Waals surface area contributed by atoms with Crippen LogP contribution in [0.1, 0.15) is 11.6 Å². The van der Waals surface area contributed by atoms with Crippen molar-refractivity contribution in [2.24, 2.45) is 0 Å². The van der Waals surface area contributed by atoms with E-state index >= 15 is 0 Å². The second kappa shape index (κ2) is 7.87. The number of fused-ring (bicyclic) bond motifs is 16. The molecule has 40 heavy (non-hydrogen) atoms. The summed E-state index contributed by atoms with van der Waals surface area (Å²) in [5, 5.41) is 6.41. The Morgan fingerprint density at radius 1 is 0.425 bits per heavy atom. The van der Waals surface area contributed by atoms with Crippen molar-refractivity contribution in [2.75, 3.05) is 0 Å². The van der Waals surface area contributed by atoms with Crippen molar-refractivity contribution in [3.8, 4) is 22.8 Å². The molecule has 2 aliphatic heterocycles. The van der Waals surface area contributed by atoms with Crippen molar-refractivity contribution in [3.05, 3.63) is 96.6 Å². The van der Waals surface area contributed by atoms with Gasteiger partial charge in [0, 0.05) is 21.9 Å². The predicted octanol–water partition coefficient (Wildman–Crippen LogP) is 6.86. The monoisotopic (exact) mass is 514 g/mol. The molecule has 8 heteroatoms. The Kier molecular flexibility index (Phi) is 4.17. The van der Waals surface area contributed by atoms with Gasteiger partial charge >= 0.3 is 0 Å². The number of benzene rings is 4. The maximum absolute atomic E-state index is 5.10. The molecule has 0 spiro atoms. The lowest BCUT2D eigenvalue weighted by Crippen LogP contribution is -1.84. The van der Waals surface area contributed by atoms with Crippen molar-refractivity contribution in [3.63, 3.8) is 0 Å². The third kappa shape index (κ3) is 3.26. The summed E-state index contributed by atoms with van der Waals surface area (Å²) in [6.45, 7) is 0. The van der Waals surface area contributed by atoms with Gasteiger partial charge in [0.2, 0.25) is 0 Å². The normalized spacial score (nSPS) is 12.4. The first-order chi connectivity index (χ1) is 19.7. The van der Waals surface area contributed by atoms with Gasteiger partial charge in [0.25, 0.3) is 0 Å². The topological polar surface area (TPSA) is 109 Å². The first-order valence-corrected chi connectivity index (χ1v) is 13.0. The van der Waals surface area contributed by atoms with Gasteiger partial charge < -0.3 is 9.97 Å². The van der Waals surface area contributed by atoms with Crippen molar-refractivity contribution in [2.45, 2.75) is 0 Å². The second-order valence-electron chi connectivity index (χ2n) is 9.91. The number of nitrogens with zero attached hydrogens (tertiary/aromatic N) is 6. The molecule has 0 amide bonds. The van der Waals surface area contributed by atoms with Crippen LogP contribution in [-0.4, -0.2) is 39.9 Å². The van der Waals surface area contributed by atoms with Crippen molar-refractivity contribution >= 4 is 67.1 Å². The third-order valence-electron chi connectivity index (χ3n) is 7.38. The average Bonchev–Trinajstić information content (AvgIpc) is 3.75. The summed E-state index contributed by atoms with van der Waals surface area (Å²) in [6, 6.07) is 28.9. The fraction of sp³-hybridized carbons (Fsp3) is 0. The minimum absolute atomic E-state index is 0.566. The number of hydrogen-bond donors (Lipinski definition) is 2. The van der Waals surface area contributed by atoms with Gasteiger partial charge in [0.05, 0.1) is 0 Å². The SMILES string of the molecule is C1=Cc2nc1nc1ccc(nc3nc(nc4[nH]c(n2)c2cc5ccccc5cc42)-c2cc4ccccc4cc2-3)[nH]1. The second-order valence-corrected chi connectivity index (χ2v) is 9.91. The molecular weight excluding hydrogens is 496 g/mol. The Balaban J connectivity index is 1.46. The number of hydrogen-bond acceptors (Lipinski definition) is 6. The van der Waals surface area contributed by atoms with E-state index in [1.165, 1.54) is 0 Å². The fourth-order valence-electron chi connectivity index (χ4n) is 5.48. The Labute approximate surface area is 226 Å². The lowest BCUT2D eigenvalue weighted by molar-refractivity contribution is 1.13. The lowest BCUT2D eigenvalue weighted by Gasteiger charge is -2.02.